The van der Waals surface area contributed by atoms with Crippen LogP contribution in [0, 0.1) is 0 Å². The van der Waals surface area contributed by atoms with E-state index in [2.05, 4.69) is 10.2 Å². The third-order valence-corrected chi connectivity index (χ3v) is 5.96. The molecule has 0 unspecified atom stereocenters. The van der Waals surface area contributed by atoms with Gasteiger partial charge in [-0.25, -0.2) is 9.69 Å². The molecule has 146 valence electrons. The molecule has 0 bridgehead atoms. The Morgan fingerprint density at radius 1 is 1.11 bits per heavy atom. The fourth-order valence-electron chi connectivity index (χ4n) is 4.06. The molecule has 3 amide bonds. The number of imide groups is 1. The van der Waals surface area contributed by atoms with Gasteiger partial charge in [-0.3, -0.25) is 4.79 Å². The van der Waals surface area contributed by atoms with Crippen molar-refractivity contribution in [2.45, 2.75) is 31.8 Å². The monoisotopic (exact) mass is 417 g/mol. The number of amides is 3. The SMILES string of the molecule is CN1Cc2c(Cl)cc(Cl)cc2[C@H](c2ccccc2N2C(=O)NC(C)(C)C2=O)C1. The van der Waals surface area contributed by atoms with Gasteiger partial charge >= 0.3 is 6.03 Å². The van der Waals surface area contributed by atoms with Crippen LogP contribution in [0.3, 0.4) is 0 Å². The molecule has 2 aromatic rings. The molecule has 7 heteroatoms. The predicted octanol–water partition coefficient (Wildman–Crippen LogP) is 4.41. The number of carbonyl (C=O) groups excluding carboxylic acids is 2. The van der Waals surface area contributed by atoms with Crippen LogP contribution >= 0.6 is 23.2 Å². The van der Waals surface area contributed by atoms with Crippen molar-refractivity contribution in [3.63, 3.8) is 0 Å². The second-order valence-corrected chi connectivity index (χ2v) is 8.80. The highest BCUT2D eigenvalue weighted by molar-refractivity contribution is 6.35. The molecule has 2 aliphatic rings. The number of rotatable bonds is 2. The molecule has 0 radical (unpaired) electrons. The van der Waals surface area contributed by atoms with Gasteiger partial charge in [-0.15, -0.1) is 0 Å². The molecule has 0 aliphatic carbocycles. The molecule has 5 nitrogen and oxygen atoms in total. The summed E-state index contributed by atoms with van der Waals surface area (Å²) in [7, 11) is 2.03. The maximum Gasteiger partial charge on any atom is 0.329 e. The molecule has 1 fully saturated rings. The highest BCUT2D eigenvalue weighted by atomic mass is 35.5. The molecule has 0 aromatic heterocycles. The standard InChI is InChI=1S/C21H21Cl2N3O2/c1-21(2)19(27)26(20(28)24-21)18-7-5-4-6-13(18)15-10-25(3)11-16-14(15)8-12(22)9-17(16)23/h4-9,15H,10-11H2,1-3H3,(H,24,28)/t15-/m0/s1. The largest absolute Gasteiger partial charge is 0.329 e. The van der Waals surface area contributed by atoms with Crippen molar-refractivity contribution in [3.05, 3.63) is 63.1 Å². The van der Waals surface area contributed by atoms with Gasteiger partial charge in [-0.1, -0.05) is 41.4 Å². The van der Waals surface area contributed by atoms with Gasteiger partial charge in [0.15, 0.2) is 0 Å². The Bertz CT molecular complexity index is 990. The Hall–Kier alpha value is -2.08. The number of para-hydroxylation sites is 1. The normalized spacial score (nSPS) is 21.6. The number of carbonyl (C=O) groups is 2. The van der Waals surface area contributed by atoms with Crippen molar-refractivity contribution in [1.82, 2.24) is 10.2 Å². The Morgan fingerprint density at radius 3 is 2.50 bits per heavy atom. The summed E-state index contributed by atoms with van der Waals surface area (Å²) in [4.78, 5) is 28.9. The maximum atomic E-state index is 12.9. The van der Waals surface area contributed by atoms with E-state index in [1.165, 1.54) is 4.90 Å². The smallest absolute Gasteiger partial charge is 0.323 e. The van der Waals surface area contributed by atoms with Crippen molar-refractivity contribution < 1.29 is 9.59 Å². The number of anilines is 1. The highest BCUT2D eigenvalue weighted by Crippen LogP contribution is 2.42. The van der Waals surface area contributed by atoms with Crippen molar-refractivity contribution in [2.24, 2.45) is 0 Å². The van der Waals surface area contributed by atoms with Gasteiger partial charge in [-0.05, 0) is 55.8 Å². The Labute approximate surface area is 174 Å². The van der Waals surface area contributed by atoms with Gasteiger partial charge in [0.05, 0.1) is 5.69 Å². The molecular weight excluding hydrogens is 397 g/mol. The zero-order chi connectivity index (χ0) is 20.2. The molecule has 2 aliphatic heterocycles. The Morgan fingerprint density at radius 2 is 1.82 bits per heavy atom. The maximum absolute atomic E-state index is 12.9. The number of urea groups is 1. The van der Waals surface area contributed by atoms with Gasteiger partial charge in [0.1, 0.15) is 5.54 Å². The topological polar surface area (TPSA) is 52.6 Å². The summed E-state index contributed by atoms with van der Waals surface area (Å²) in [5, 5.41) is 3.96. The van der Waals surface area contributed by atoms with E-state index in [4.69, 9.17) is 23.2 Å². The minimum Gasteiger partial charge on any atom is -0.323 e. The van der Waals surface area contributed by atoms with Crippen LogP contribution in [0.25, 0.3) is 0 Å². The minimum atomic E-state index is -0.932. The first-order chi connectivity index (χ1) is 13.2. The Balaban J connectivity index is 1.87. The van der Waals surface area contributed by atoms with Gasteiger partial charge in [0.2, 0.25) is 0 Å². The molecule has 1 atom stereocenters. The number of hydrogen-bond acceptors (Lipinski definition) is 3. The molecule has 2 aromatic carbocycles. The van der Waals surface area contributed by atoms with Gasteiger partial charge in [0.25, 0.3) is 5.91 Å². The first-order valence-corrected chi connectivity index (χ1v) is 9.86. The van der Waals surface area contributed by atoms with Crippen LogP contribution < -0.4 is 10.2 Å². The minimum absolute atomic E-state index is 0.0644. The zero-order valence-electron chi connectivity index (χ0n) is 15.9. The first-order valence-electron chi connectivity index (χ1n) is 9.11. The lowest BCUT2D eigenvalue weighted by Gasteiger charge is -2.35. The summed E-state index contributed by atoms with van der Waals surface area (Å²) < 4.78 is 0. The zero-order valence-corrected chi connectivity index (χ0v) is 17.4. The van der Waals surface area contributed by atoms with Gasteiger partial charge in [0, 0.05) is 29.1 Å². The molecule has 4 rings (SSSR count). The number of likely N-dealkylation sites (N-methyl/N-ethyl adjacent to an activating group) is 1. The predicted molar refractivity (Wildman–Crippen MR) is 111 cm³/mol. The van der Waals surface area contributed by atoms with Gasteiger partial charge in [-0.2, -0.15) is 0 Å². The third kappa shape index (κ3) is 3.08. The highest BCUT2D eigenvalue weighted by Gasteiger charge is 2.46. The van der Waals surface area contributed by atoms with Gasteiger partial charge < -0.3 is 10.2 Å². The number of nitrogens with one attached hydrogen (secondary N) is 1. The van der Waals surface area contributed by atoms with E-state index in [1.807, 2.05) is 37.4 Å². The average Bonchev–Trinajstić information content (AvgIpc) is 2.82. The van der Waals surface area contributed by atoms with Crippen LogP contribution in [0.15, 0.2) is 36.4 Å². The third-order valence-electron chi connectivity index (χ3n) is 5.41. The summed E-state index contributed by atoms with van der Waals surface area (Å²) >= 11 is 12.8. The molecule has 2 heterocycles. The summed E-state index contributed by atoms with van der Waals surface area (Å²) in [6, 6.07) is 10.8. The first kappa shape index (κ1) is 19.2. The number of halogens is 2. The van der Waals surface area contributed by atoms with Crippen LogP contribution in [-0.4, -0.2) is 36.0 Å². The van der Waals surface area contributed by atoms with Crippen molar-refractivity contribution in [2.75, 3.05) is 18.5 Å². The molecular formula is C21H21Cl2N3O2. The van der Waals surface area contributed by atoms with E-state index < -0.39 is 11.6 Å². The van der Waals surface area contributed by atoms with Crippen LogP contribution in [0.1, 0.15) is 36.5 Å². The van der Waals surface area contributed by atoms with Crippen LogP contribution in [0.5, 0.6) is 0 Å². The number of benzene rings is 2. The van der Waals surface area contributed by atoms with E-state index >= 15 is 0 Å². The number of fused-ring (bicyclic) bond motifs is 1. The molecule has 1 N–H and O–H groups in total. The average molecular weight is 418 g/mol. The summed E-state index contributed by atoms with van der Waals surface area (Å²) in [5.41, 5.74) is 2.62. The fraction of sp³-hybridized carbons (Fsp3) is 0.333. The summed E-state index contributed by atoms with van der Waals surface area (Å²) in [5.74, 6) is -0.330. The lowest BCUT2D eigenvalue weighted by atomic mass is 9.83. The van der Waals surface area contributed by atoms with Crippen LogP contribution in [0.4, 0.5) is 10.5 Å². The molecule has 0 spiro atoms. The van der Waals surface area contributed by atoms with Crippen molar-refractivity contribution in [3.8, 4) is 0 Å². The van der Waals surface area contributed by atoms with E-state index in [-0.39, 0.29) is 11.8 Å². The quantitative estimate of drug-likeness (QED) is 0.736. The number of hydrogen-bond donors (Lipinski definition) is 1. The van der Waals surface area contributed by atoms with E-state index in [0.717, 1.165) is 29.8 Å². The lowest BCUT2D eigenvalue weighted by Crippen LogP contribution is -2.40. The second-order valence-electron chi connectivity index (χ2n) is 7.96. The lowest BCUT2D eigenvalue weighted by molar-refractivity contribution is -0.121. The molecule has 28 heavy (non-hydrogen) atoms. The van der Waals surface area contributed by atoms with Crippen LogP contribution in [-0.2, 0) is 11.3 Å². The summed E-state index contributed by atoms with van der Waals surface area (Å²) in [6.45, 7) is 4.87. The summed E-state index contributed by atoms with van der Waals surface area (Å²) in [6.07, 6.45) is 0. The van der Waals surface area contributed by atoms with E-state index in [9.17, 15) is 9.59 Å². The second kappa shape index (κ2) is 6.76. The van der Waals surface area contributed by atoms with Crippen LogP contribution in [0.2, 0.25) is 10.0 Å². The molecule has 0 saturated carbocycles. The Kier molecular flexibility index (Phi) is 4.65. The number of nitrogens with zero attached hydrogens (tertiary/aromatic N) is 2. The van der Waals surface area contributed by atoms with Crippen molar-refractivity contribution >= 4 is 40.8 Å². The van der Waals surface area contributed by atoms with E-state index in [1.54, 1.807) is 19.9 Å². The van der Waals surface area contributed by atoms with E-state index in [0.29, 0.717) is 15.7 Å². The molecule has 1 saturated heterocycles. The fourth-order valence-corrected chi connectivity index (χ4v) is 4.63. The van der Waals surface area contributed by atoms with Crippen molar-refractivity contribution in [1.29, 1.82) is 0 Å².